The molecule has 4 rings (SSSR count). The van der Waals surface area contributed by atoms with Crippen LogP contribution in [0.15, 0.2) is 54.6 Å². The molecule has 1 aromatic heterocycles. The zero-order valence-electron chi connectivity index (χ0n) is 16.5. The molecule has 0 amide bonds. The third kappa shape index (κ3) is 3.58. The molecule has 3 nitrogen and oxygen atoms in total. The number of hydrogen-bond donors (Lipinski definition) is 1. The minimum absolute atomic E-state index is 0.396. The number of ether oxygens (including phenoxy) is 1. The van der Waals surface area contributed by atoms with Crippen LogP contribution in [0.5, 0.6) is 5.75 Å². The molecular weight excluding hydrogens is 346 g/mol. The molecule has 0 saturated heterocycles. The Balaban J connectivity index is 1.65. The van der Waals surface area contributed by atoms with Crippen LogP contribution < -0.4 is 4.74 Å². The van der Waals surface area contributed by atoms with E-state index in [1.54, 1.807) is 0 Å². The van der Waals surface area contributed by atoms with Gasteiger partial charge in [0.1, 0.15) is 18.5 Å². The lowest BCUT2D eigenvalue weighted by Gasteiger charge is -2.13. The molecule has 1 aliphatic rings. The maximum atomic E-state index is 10.9. The van der Waals surface area contributed by atoms with Gasteiger partial charge in [-0.1, -0.05) is 56.3 Å². The van der Waals surface area contributed by atoms with Crippen molar-refractivity contribution < 1.29 is 9.84 Å². The van der Waals surface area contributed by atoms with Crippen LogP contribution in [0.3, 0.4) is 0 Å². The predicted molar refractivity (Wildman–Crippen MR) is 113 cm³/mol. The first kappa shape index (κ1) is 18.5. The number of benzene rings is 2. The van der Waals surface area contributed by atoms with Gasteiger partial charge in [-0.25, -0.2) is 0 Å². The Labute approximate surface area is 166 Å². The predicted octanol–water partition coefficient (Wildman–Crippen LogP) is 5.66. The van der Waals surface area contributed by atoms with Gasteiger partial charge in [-0.3, -0.25) is 4.98 Å². The van der Waals surface area contributed by atoms with Crippen LogP contribution in [0, 0.1) is 6.92 Å². The van der Waals surface area contributed by atoms with Crippen LogP contribution in [0.1, 0.15) is 65.1 Å². The SMILES string of the molecule is Cc1ccc(/C=C/c2ccc3c(c2)C(O)c2ccccc2CO3)nc1C(C)C. The first-order valence-corrected chi connectivity index (χ1v) is 9.71. The van der Waals surface area contributed by atoms with Crippen LogP contribution in [0.25, 0.3) is 12.2 Å². The van der Waals surface area contributed by atoms with Gasteiger partial charge in [0, 0.05) is 11.3 Å². The van der Waals surface area contributed by atoms with Crippen molar-refractivity contribution in [2.24, 2.45) is 0 Å². The Kier molecular flexibility index (Phi) is 5.01. The highest BCUT2D eigenvalue weighted by atomic mass is 16.5. The van der Waals surface area contributed by atoms with Crippen molar-refractivity contribution >= 4 is 12.2 Å². The van der Waals surface area contributed by atoms with Crippen LogP contribution in [0.2, 0.25) is 0 Å². The highest BCUT2D eigenvalue weighted by molar-refractivity contribution is 5.69. The fourth-order valence-electron chi connectivity index (χ4n) is 3.69. The zero-order chi connectivity index (χ0) is 19.7. The summed E-state index contributed by atoms with van der Waals surface area (Å²) in [5, 5.41) is 10.9. The molecule has 28 heavy (non-hydrogen) atoms. The fraction of sp³-hybridized carbons (Fsp3) is 0.240. The summed E-state index contributed by atoms with van der Waals surface area (Å²) in [5.41, 5.74) is 7.02. The maximum absolute atomic E-state index is 10.9. The topological polar surface area (TPSA) is 42.4 Å². The molecule has 2 aromatic carbocycles. The van der Waals surface area contributed by atoms with E-state index >= 15 is 0 Å². The van der Waals surface area contributed by atoms with E-state index < -0.39 is 6.10 Å². The summed E-state index contributed by atoms with van der Waals surface area (Å²) < 4.78 is 5.92. The minimum Gasteiger partial charge on any atom is -0.488 e. The van der Waals surface area contributed by atoms with E-state index in [9.17, 15) is 5.11 Å². The molecule has 3 aromatic rings. The minimum atomic E-state index is -0.688. The van der Waals surface area contributed by atoms with Gasteiger partial charge in [-0.05, 0) is 59.4 Å². The largest absolute Gasteiger partial charge is 0.488 e. The molecule has 0 spiro atoms. The van der Waals surface area contributed by atoms with Gasteiger partial charge in [0.15, 0.2) is 0 Å². The van der Waals surface area contributed by atoms with E-state index in [4.69, 9.17) is 9.72 Å². The highest BCUT2D eigenvalue weighted by Gasteiger charge is 2.22. The molecule has 1 atom stereocenters. The van der Waals surface area contributed by atoms with Gasteiger partial charge in [0.25, 0.3) is 0 Å². The summed E-state index contributed by atoms with van der Waals surface area (Å²) in [4.78, 5) is 4.77. The zero-order valence-corrected chi connectivity index (χ0v) is 16.5. The Morgan fingerprint density at radius 1 is 1.04 bits per heavy atom. The number of aliphatic hydroxyl groups is 1. The van der Waals surface area contributed by atoms with Crippen LogP contribution in [-0.4, -0.2) is 10.1 Å². The van der Waals surface area contributed by atoms with Gasteiger partial charge in [-0.2, -0.15) is 0 Å². The van der Waals surface area contributed by atoms with Crippen molar-refractivity contribution in [3.8, 4) is 5.75 Å². The standard InChI is InChI=1S/C25H25NO2/c1-16(2)24-17(3)8-11-20(26-24)12-9-18-10-13-23-22(14-18)25(27)21-7-5-4-6-19(21)15-28-23/h4-14,16,25,27H,15H2,1-3H3/b12-9+. The first-order valence-electron chi connectivity index (χ1n) is 9.71. The van der Waals surface area contributed by atoms with Crippen LogP contribution in [-0.2, 0) is 6.61 Å². The van der Waals surface area contributed by atoms with Gasteiger partial charge in [-0.15, -0.1) is 0 Å². The second-order valence-electron chi connectivity index (χ2n) is 7.61. The number of aryl methyl sites for hydroxylation is 1. The summed E-state index contributed by atoms with van der Waals surface area (Å²) in [6.45, 7) is 6.89. The Morgan fingerprint density at radius 3 is 2.68 bits per heavy atom. The number of hydrogen-bond acceptors (Lipinski definition) is 3. The van der Waals surface area contributed by atoms with Crippen LogP contribution in [0.4, 0.5) is 0 Å². The van der Waals surface area contributed by atoms with Crippen molar-refractivity contribution in [3.63, 3.8) is 0 Å². The Hall–Kier alpha value is -2.91. The first-order chi connectivity index (χ1) is 13.5. The normalized spacial score (nSPS) is 15.8. The van der Waals surface area contributed by atoms with Crippen molar-refractivity contribution in [3.05, 3.63) is 93.8 Å². The van der Waals surface area contributed by atoms with Gasteiger partial charge < -0.3 is 9.84 Å². The molecule has 1 N–H and O–H groups in total. The monoisotopic (exact) mass is 371 g/mol. The molecular formula is C25H25NO2. The van der Waals surface area contributed by atoms with E-state index in [2.05, 4.69) is 26.8 Å². The molecule has 142 valence electrons. The van der Waals surface area contributed by atoms with Crippen molar-refractivity contribution in [1.29, 1.82) is 0 Å². The van der Waals surface area contributed by atoms with Crippen LogP contribution >= 0.6 is 0 Å². The Morgan fingerprint density at radius 2 is 1.86 bits per heavy atom. The second-order valence-corrected chi connectivity index (χ2v) is 7.61. The number of nitrogens with zero attached hydrogens (tertiary/aromatic N) is 1. The number of aliphatic hydroxyl groups excluding tert-OH is 1. The average Bonchev–Trinajstić information content (AvgIpc) is 2.84. The molecule has 0 fully saturated rings. The van der Waals surface area contributed by atoms with E-state index in [0.29, 0.717) is 12.5 Å². The summed E-state index contributed by atoms with van der Waals surface area (Å²) in [5.74, 6) is 1.13. The molecule has 0 radical (unpaired) electrons. The van der Waals surface area contributed by atoms with Gasteiger partial charge in [0.2, 0.25) is 0 Å². The summed E-state index contributed by atoms with van der Waals surface area (Å²) in [6.07, 6.45) is 3.36. The molecule has 1 unspecified atom stereocenters. The van der Waals surface area contributed by atoms with E-state index in [1.807, 2.05) is 60.7 Å². The number of pyridine rings is 1. The number of rotatable bonds is 3. The summed E-state index contributed by atoms with van der Waals surface area (Å²) in [7, 11) is 0. The highest BCUT2D eigenvalue weighted by Crippen LogP contribution is 2.36. The van der Waals surface area contributed by atoms with Gasteiger partial charge >= 0.3 is 0 Å². The quantitative estimate of drug-likeness (QED) is 0.646. The molecule has 2 heterocycles. The van der Waals surface area contributed by atoms with E-state index in [1.165, 1.54) is 5.56 Å². The molecule has 0 aliphatic carbocycles. The maximum Gasteiger partial charge on any atom is 0.126 e. The van der Waals surface area contributed by atoms with E-state index in [0.717, 1.165) is 39.4 Å². The lowest BCUT2D eigenvalue weighted by molar-refractivity contribution is 0.218. The molecule has 3 heteroatoms. The summed E-state index contributed by atoms with van der Waals surface area (Å²) >= 11 is 0. The number of aromatic nitrogens is 1. The lowest BCUT2D eigenvalue weighted by atomic mass is 9.96. The lowest BCUT2D eigenvalue weighted by Crippen LogP contribution is -2.01. The van der Waals surface area contributed by atoms with Crippen molar-refractivity contribution in [1.82, 2.24) is 4.98 Å². The second kappa shape index (κ2) is 7.61. The number of fused-ring (bicyclic) bond motifs is 2. The fourth-order valence-corrected chi connectivity index (χ4v) is 3.69. The van der Waals surface area contributed by atoms with Gasteiger partial charge in [0.05, 0.1) is 5.69 Å². The third-order valence-corrected chi connectivity index (χ3v) is 5.21. The Bertz CT molecular complexity index is 1040. The van der Waals surface area contributed by atoms with E-state index in [-0.39, 0.29) is 0 Å². The van der Waals surface area contributed by atoms with Crippen molar-refractivity contribution in [2.75, 3.05) is 0 Å². The van der Waals surface area contributed by atoms with Crippen molar-refractivity contribution in [2.45, 2.75) is 39.4 Å². The molecule has 0 bridgehead atoms. The third-order valence-electron chi connectivity index (χ3n) is 5.21. The summed E-state index contributed by atoms with van der Waals surface area (Å²) in [6, 6.07) is 18.0. The average molecular weight is 371 g/mol. The molecule has 1 aliphatic heterocycles. The molecule has 0 saturated carbocycles. The smallest absolute Gasteiger partial charge is 0.126 e.